The van der Waals surface area contributed by atoms with Gasteiger partial charge in [-0.15, -0.1) is 11.3 Å². The first kappa shape index (κ1) is 22.3. The molecule has 0 bridgehead atoms. The smallest absolute Gasteiger partial charge is 0.259 e. The first-order valence-electron chi connectivity index (χ1n) is 8.92. The summed E-state index contributed by atoms with van der Waals surface area (Å²) in [5.74, 6) is -0.0607. The SMILES string of the molecule is COc1ccc(NS(=O)(=O)C(C)C)c(C(=O)Nc2nc(-c3ccc(Br)cc3)cs2)c1. The van der Waals surface area contributed by atoms with Gasteiger partial charge >= 0.3 is 0 Å². The highest BCUT2D eigenvalue weighted by Gasteiger charge is 2.21. The molecule has 10 heteroatoms. The quantitative estimate of drug-likeness (QED) is 0.467. The Morgan fingerprint density at radius 1 is 1.17 bits per heavy atom. The molecule has 1 amide bonds. The van der Waals surface area contributed by atoms with Crippen molar-refractivity contribution in [3.63, 3.8) is 0 Å². The van der Waals surface area contributed by atoms with Crippen molar-refractivity contribution in [1.82, 2.24) is 4.98 Å². The maximum atomic E-state index is 12.9. The molecule has 2 N–H and O–H groups in total. The van der Waals surface area contributed by atoms with Gasteiger partial charge in [-0.25, -0.2) is 13.4 Å². The predicted octanol–water partition coefficient (Wildman–Crippen LogP) is 4.98. The number of hydrogen-bond acceptors (Lipinski definition) is 6. The normalized spacial score (nSPS) is 11.4. The number of nitrogens with one attached hydrogen (secondary N) is 2. The number of hydrogen-bond donors (Lipinski definition) is 2. The summed E-state index contributed by atoms with van der Waals surface area (Å²) >= 11 is 4.68. The number of amides is 1. The van der Waals surface area contributed by atoms with Crippen LogP contribution in [0.2, 0.25) is 0 Å². The van der Waals surface area contributed by atoms with Gasteiger partial charge in [-0.05, 0) is 44.2 Å². The van der Waals surface area contributed by atoms with Gasteiger partial charge in [-0.2, -0.15) is 0 Å². The second-order valence-electron chi connectivity index (χ2n) is 6.61. The minimum absolute atomic E-state index is 0.138. The third-order valence-electron chi connectivity index (χ3n) is 4.21. The third kappa shape index (κ3) is 5.18. The van der Waals surface area contributed by atoms with Gasteiger partial charge in [0.2, 0.25) is 10.0 Å². The van der Waals surface area contributed by atoms with E-state index in [9.17, 15) is 13.2 Å². The molecule has 0 fully saturated rings. The average molecular weight is 510 g/mol. The fraction of sp³-hybridized carbons (Fsp3) is 0.200. The molecule has 0 aliphatic rings. The van der Waals surface area contributed by atoms with Crippen molar-refractivity contribution in [2.24, 2.45) is 0 Å². The van der Waals surface area contributed by atoms with Crippen LogP contribution in [0.1, 0.15) is 24.2 Å². The summed E-state index contributed by atoms with van der Waals surface area (Å²) in [5.41, 5.74) is 1.96. The number of benzene rings is 2. The Labute approximate surface area is 187 Å². The second-order valence-corrected chi connectivity index (χ2v) is 10.6. The lowest BCUT2D eigenvalue weighted by molar-refractivity contribution is 0.102. The summed E-state index contributed by atoms with van der Waals surface area (Å²) in [6, 6.07) is 12.2. The number of carbonyl (C=O) groups is 1. The Balaban J connectivity index is 1.86. The van der Waals surface area contributed by atoms with Crippen molar-refractivity contribution in [3.8, 4) is 17.0 Å². The van der Waals surface area contributed by atoms with Crippen LogP contribution >= 0.6 is 27.3 Å². The van der Waals surface area contributed by atoms with Crippen molar-refractivity contribution in [3.05, 3.63) is 57.9 Å². The lowest BCUT2D eigenvalue weighted by Crippen LogP contribution is -2.24. The van der Waals surface area contributed by atoms with Gasteiger partial charge in [-0.1, -0.05) is 28.1 Å². The number of anilines is 2. The van der Waals surface area contributed by atoms with E-state index < -0.39 is 21.2 Å². The molecule has 2 aromatic carbocycles. The maximum Gasteiger partial charge on any atom is 0.259 e. The molecule has 30 heavy (non-hydrogen) atoms. The molecule has 0 aliphatic heterocycles. The van der Waals surface area contributed by atoms with Crippen LogP contribution in [-0.4, -0.2) is 31.7 Å². The van der Waals surface area contributed by atoms with E-state index in [0.29, 0.717) is 10.9 Å². The lowest BCUT2D eigenvalue weighted by atomic mass is 10.1. The zero-order valence-corrected chi connectivity index (χ0v) is 19.7. The molecule has 1 aromatic heterocycles. The van der Waals surface area contributed by atoms with E-state index in [1.807, 2.05) is 29.6 Å². The highest BCUT2D eigenvalue weighted by molar-refractivity contribution is 9.10. The van der Waals surface area contributed by atoms with Crippen LogP contribution in [0.3, 0.4) is 0 Å². The molecule has 3 aromatic rings. The largest absolute Gasteiger partial charge is 0.497 e. The van der Waals surface area contributed by atoms with Gasteiger partial charge in [0, 0.05) is 15.4 Å². The highest BCUT2D eigenvalue weighted by atomic mass is 79.9. The van der Waals surface area contributed by atoms with Crippen LogP contribution in [0.25, 0.3) is 11.3 Å². The number of sulfonamides is 1. The van der Waals surface area contributed by atoms with Gasteiger partial charge in [0.15, 0.2) is 5.13 Å². The van der Waals surface area contributed by atoms with Crippen molar-refractivity contribution in [1.29, 1.82) is 0 Å². The van der Waals surface area contributed by atoms with Crippen LogP contribution in [0, 0.1) is 0 Å². The van der Waals surface area contributed by atoms with Crippen LogP contribution < -0.4 is 14.8 Å². The molecular formula is C20H20BrN3O4S2. The molecule has 0 saturated carbocycles. The Bertz CT molecular complexity index is 1160. The number of methoxy groups -OCH3 is 1. The number of ether oxygens (including phenoxy) is 1. The van der Waals surface area contributed by atoms with Crippen molar-refractivity contribution in [2.45, 2.75) is 19.1 Å². The molecule has 158 valence electrons. The lowest BCUT2D eigenvalue weighted by Gasteiger charge is -2.15. The van der Waals surface area contributed by atoms with Gasteiger partial charge in [0.25, 0.3) is 5.91 Å². The van der Waals surface area contributed by atoms with Gasteiger partial charge in [0.05, 0.1) is 29.3 Å². The zero-order valence-electron chi connectivity index (χ0n) is 16.5. The van der Waals surface area contributed by atoms with E-state index in [4.69, 9.17) is 4.74 Å². The summed E-state index contributed by atoms with van der Waals surface area (Å²) in [4.78, 5) is 17.4. The summed E-state index contributed by atoms with van der Waals surface area (Å²) in [6.45, 7) is 3.12. The molecule has 0 spiro atoms. The molecule has 0 radical (unpaired) electrons. The summed E-state index contributed by atoms with van der Waals surface area (Å²) in [7, 11) is -2.15. The van der Waals surface area contributed by atoms with Gasteiger partial charge in [-0.3, -0.25) is 14.8 Å². The molecular weight excluding hydrogens is 490 g/mol. The molecule has 0 saturated heterocycles. The fourth-order valence-corrected chi connectivity index (χ4v) is 4.15. The standard InChI is InChI=1S/C20H20BrN3O4S2/c1-12(2)30(26,27)24-17-9-8-15(28-3)10-16(17)19(25)23-20-22-18(11-29-20)13-4-6-14(21)7-5-13/h4-12,24H,1-3H3,(H,22,23,25). The Morgan fingerprint density at radius 3 is 2.50 bits per heavy atom. The average Bonchev–Trinajstić information content (AvgIpc) is 3.16. The molecule has 0 unspecified atom stereocenters. The minimum Gasteiger partial charge on any atom is -0.497 e. The number of halogens is 1. The number of nitrogens with zero attached hydrogens (tertiary/aromatic N) is 1. The number of thiazole rings is 1. The van der Waals surface area contributed by atoms with Crippen LogP contribution in [0.4, 0.5) is 10.8 Å². The fourth-order valence-electron chi connectivity index (χ4n) is 2.45. The number of rotatable bonds is 7. The zero-order chi connectivity index (χ0) is 21.9. The predicted molar refractivity (Wildman–Crippen MR) is 124 cm³/mol. The van der Waals surface area contributed by atoms with Gasteiger partial charge < -0.3 is 4.74 Å². The summed E-state index contributed by atoms with van der Waals surface area (Å²) in [6.07, 6.45) is 0. The molecule has 7 nitrogen and oxygen atoms in total. The number of carbonyl (C=O) groups excluding carboxylic acids is 1. The highest BCUT2D eigenvalue weighted by Crippen LogP contribution is 2.28. The van der Waals surface area contributed by atoms with E-state index in [-0.39, 0.29) is 11.3 Å². The number of aromatic nitrogens is 1. The van der Waals surface area contributed by atoms with Crippen molar-refractivity contribution in [2.75, 3.05) is 17.1 Å². The minimum atomic E-state index is -3.62. The Hall–Kier alpha value is -2.43. The Kier molecular flexibility index (Phi) is 6.79. The van der Waals surface area contributed by atoms with Crippen LogP contribution in [0.5, 0.6) is 5.75 Å². The topological polar surface area (TPSA) is 97.4 Å². The summed E-state index contributed by atoms with van der Waals surface area (Å²) in [5, 5.41) is 4.33. The molecule has 3 rings (SSSR count). The maximum absolute atomic E-state index is 12.9. The summed E-state index contributed by atoms with van der Waals surface area (Å²) < 4.78 is 33.2. The third-order valence-corrected chi connectivity index (χ3v) is 7.24. The van der Waals surface area contributed by atoms with Crippen LogP contribution in [0.15, 0.2) is 52.3 Å². The van der Waals surface area contributed by atoms with E-state index in [1.165, 1.54) is 30.6 Å². The van der Waals surface area contributed by atoms with Gasteiger partial charge in [0.1, 0.15) is 5.75 Å². The molecule has 0 atom stereocenters. The van der Waals surface area contributed by atoms with E-state index in [1.54, 1.807) is 19.9 Å². The molecule has 0 aliphatic carbocycles. The molecule has 1 heterocycles. The first-order chi connectivity index (χ1) is 14.2. The Morgan fingerprint density at radius 2 is 1.87 bits per heavy atom. The second kappa shape index (κ2) is 9.15. The van der Waals surface area contributed by atoms with E-state index in [0.717, 1.165) is 15.7 Å². The van der Waals surface area contributed by atoms with Crippen molar-refractivity contribution >= 4 is 54.0 Å². The first-order valence-corrected chi connectivity index (χ1v) is 12.1. The van der Waals surface area contributed by atoms with E-state index >= 15 is 0 Å². The van der Waals surface area contributed by atoms with Crippen molar-refractivity contribution < 1.29 is 17.9 Å². The van der Waals surface area contributed by atoms with E-state index in [2.05, 4.69) is 31.0 Å². The monoisotopic (exact) mass is 509 g/mol. The van der Waals surface area contributed by atoms with Crippen LogP contribution in [-0.2, 0) is 10.0 Å².